The number of halogens is 1. The Bertz CT molecular complexity index is 577. The van der Waals surface area contributed by atoms with Crippen molar-refractivity contribution in [2.24, 2.45) is 0 Å². The Morgan fingerprint density at radius 1 is 1.47 bits per heavy atom. The highest BCUT2D eigenvalue weighted by Crippen LogP contribution is 2.34. The van der Waals surface area contributed by atoms with Gasteiger partial charge in [-0.3, -0.25) is 4.79 Å². The van der Waals surface area contributed by atoms with Gasteiger partial charge in [0.1, 0.15) is 11.6 Å². The number of carbonyl (C=O) groups excluding carboxylic acids is 1. The van der Waals surface area contributed by atoms with Gasteiger partial charge >= 0.3 is 0 Å². The first-order chi connectivity index (χ1) is 9.01. The fourth-order valence-corrected chi connectivity index (χ4v) is 1.72. The summed E-state index contributed by atoms with van der Waals surface area (Å²) in [5, 5.41) is 30.3. The van der Waals surface area contributed by atoms with Crippen LogP contribution in [0.3, 0.4) is 0 Å². The molecule has 0 spiro atoms. The van der Waals surface area contributed by atoms with Gasteiger partial charge in [-0.1, -0.05) is 11.6 Å². The highest BCUT2D eigenvalue weighted by molar-refractivity contribution is 6.32. The van der Waals surface area contributed by atoms with Crippen LogP contribution >= 0.6 is 11.6 Å². The molecule has 1 saturated carbocycles. The molecule has 3 N–H and O–H groups in total. The normalized spacial score (nSPS) is 14.8. The maximum Gasteiger partial charge on any atom is 0.262 e. The van der Waals surface area contributed by atoms with Gasteiger partial charge in [-0.25, -0.2) is 0 Å². The van der Waals surface area contributed by atoms with Crippen LogP contribution in [-0.2, 0) is 4.79 Å². The lowest BCUT2D eigenvalue weighted by molar-refractivity contribution is -0.117. The molecule has 0 aromatic heterocycles. The molecule has 0 atom stereocenters. The summed E-state index contributed by atoms with van der Waals surface area (Å²) in [6, 6.07) is 4.54. The summed E-state index contributed by atoms with van der Waals surface area (Å²) >= 11 is 5.70. The lowest BCUT2D eigenvalue weighted by Crippen LogP contribution is -2.26. The van der Waals surface area contributed by atoms with Crippen LogP contribution in [0.5, 0.6) is 11.5 Å². The summed E-state index contributed by atoms with van der Waals surface area (Å²) in [5.74, 6) is -1.29. The van der Waals surface area contributed by atoms with Gasteiger partial charge in [-0.05, 0) is 36.6 Å². The fourth-order valence-electron chi connectivity index (χ4n) is 1.49. The van der Waals surface area contributed by atoms with E-state index in [-0.39, 0.29) is 16.6 Å². The van der Waals surface area contributed by atoms with Crippen molar-refractivity contribution in [3.05, 3.63) is 28.3 Å². The van der Waals surface area contributed by atoms with E-state index in [1.165, 1.54) is 18.2 Å². The fraction of sp³-hybridized carbons (Fsp3) is 0.231. The van der Waals surface area contributed by atoms with Crippen molar-refractivity contribution < 1.29 is 15.0 Å². The quantitative estimate of drug-likeness (QED) is 0.447. The largest absolute Gasteiger partial charge is 0.504 e. The van der Waals surface area contributed by atoms with Crippen molar-refractivity contribution in [1.82, 2.24) is 5.32 Å². The van der Waals surface area contributed by atoms with Crippen LogP contribution in [0.15, 0.2) is 17.7 Å². The van der Waals surface area contributed by atoms with Crippen molar-refractivity contribution in [2.45, 2.75) is 18.9 Å². The standard InChI is InChI=1S/C13H11ClN2O3/c14-10-4-7(5-11(17)12(10)18)3-8(6-15)13(19)16-9-1-2-9/h3-5,9,17-18H,1-2H2,(H,16,19)/b8-3+. The number of amides is 1. The number of nitrogens with zero attached hydrogens (tertiary/aromatic N) is 1. The molecule has 0 unspecified atom stereocenters. The third-order valence-electron chi connectivity index (χ3n) is 2.65. The smallest absolute Gasteiger partial charge is 0.262 e. The Labute approximate surface area is 114 Å². The lowest BCUT2D eigenvalue weighted by Gasteiger charge is -2.04. The van der Waals surface area contributed by atoms with E-state index >= 15 is 0 Å². The third kappa shape index (κ3) is 3.18. The monoisotopic (exact) mass is 278 g/mol. The molecule has 0 bridgehead atoms. The molecule has 2 rings (SSSR count). The molecule has 5 nitrogen and oxygen atoms in total. The van der Waals surface area contributed by atoms with E-state index < -0.39 is 17.4 Å². The number of phenols is 2. The Morgan fingerprint density at radius 3 is 2.68 bits per heavy atom. The molecule has 0 saturated heterocycles. The second kappa shape index (κ2) is 5.21. The molecular formula is C13H11ClN2O3. The van der Waals surface area contributed by atoms with Crippen molar-refractivity contribution in [2.75, 3.05) is 0 Å². The number of nitriles is 1. The highest BCUT2D eigenvalue weighted by atomic mass is 35.5. The number of hydrogen-bond donors (Lipinski definition) is 3. The molecule has 1 aliphatic rings. The van der Waals surface area contributed by atoms with Crippen LogP contribution in [-0.4, -0.2) is 22.2 Å². The average Bonchev–Trinajstić information content (AvgIpc) is 3.16. The summed E-state index contributed by atoms with van der Waals surface area (Å²) in [5.41, 5.74) is 0.288. The predicted octanol–water partition coefficient (Wildman–Crippen LogP) is 1.94. The number of carbonyl (C=O) groups is 1. The minimum absolute atomic E-state index is 0.0499. The molecule has 98 valence electrons. The Kier molecular flexibility index (Phi) is 3.63. The molecule has 0 heterocycles. The van der Waals surface area contributed by atoms with Gasteiger partial charge < -0.3 is 15.5 Å². The number of benzene rings is 1. The number of nitrogens with one attached hydrogen (secondary N) is 1. The molecule has 0 aliphatic heterocycles. The van der Waals surface area contributed by atoms with Gasteiger partial charge in [0.25, 0.3) is 5.91 Å². The Balaban J connectivity index is 2.26. The van der Waals surface area contributed by atoms with Crippen molar-refractivity contribution >= 4 is 23.6 Å². The van der Waals surface area contributed by atoms with Crippen molar-refractivity contribution in [3.63, 3.8) is 0 Å². The number of rotatable bonds is 3. The molecule has 0 radical (unpaired) electrons. The lowest BCUT2D eigenvalue weighted by atomic mass is 10.1. The summed E-state index contributed by atoms with van der Waals surface area (Å²) in [7, 11) is 0. The molecule has 1 aromatic carbocycles. The number of phenolic OH excluding ortho intramolecular Hbond substituents is 2. The van der Waals surface area contributed by atoms with Gasteiger partial charge in [0.15, 0.2) is 11.5 Å². The van der Waals surface area contributed by atoms with E-state index in [1.54, 1.807) is 6.07 Å². The minimum atomic E-state index is -0.450. The van der Waals surface area contributed by atoms with E-state index in [0.29, 0.717) is 5.56 Å². The van der Waals surface area contributed by atoms with Crippen LogP contribution in [0.2, 0.25) is 5.02 Å². The minimum Gasteiger partial charge on any atom is -0.504 e. The summed E-state index contributed by atoms with van der Waals surface area (Å²) < 4.78 is 0. The summed E-state index contributed by atoms with van der Waals surface area (Å²) in [6.45, 7) is 0. The van der Waals surface area contributed by atoms with E-state index in [2.05, 4.69) is 5.32 Å². The molecular weight excluding hydrogens is 268 g/mol. The van der Waals surface area contributed by atoms with Crippen LogP contribution < -0.4 is 5.32 Å². The van der Waals surface area contributed by atoms with Crippen LogP contribution in [0.1, 0.15) is 18.4 Å². The third-order valence-corrected chi connectivity index (χ3v) is 2.94. The topological polar surface area (TPSA) is 93.3 Å². The first-order valence-electron chi connectivity index (χ1n) is 5.65. The van der Waals surface area contributed by atoms with E-state index in [0.717, 1.165) is 12.8 Å². The van der Waals surface area contributed by atoms with Gasteiger partial charge in [-0.15, -0.1) is 0 Å². The van der Waals surface area contributed by atoms with Crippen molar-refractivity contribution in [1.29, 1.82) is 5.26 Å². The zero-order chi connectivity index (χ0) is 14.0. The molecule has 1 aromatic rings. The van der Waals surface area contributed by atoms with E-state index in [9.17, 15) is 15.0 Å². The average molecular weight is 279 g/mol. The van der Waals surface area contributed by atoms with Gasteiger partial charge in [0.05, 0.1) is 5.02 Å². The number of aromatic hydroxyl groups is 2. The van der Waals surface area contributed by atoms with Crippen LogP contribution in [0, 0.1) is 11.3 Å². The SMILES string of the molecule is N#C/C(=C\c1cc(O)c(O)c(Cl)c1)C(=O)NC1CC1. The van der Waals surface area contributed by atoms with Crippen molar-refractivity contribution in [3.8, 4) is 17.6 Å². The zero-order valence-corrected chi connectivity index (χ0v) is 10.6. The van der Waals surface area contributed by atoms with Crippen LogP contribution in [0.25, 0.3) is 6.08 Å². The second-order valence-electron chi connectivity index (χ2n) is 4.29. The highest BCUT2D eigenvalue weighted by Gasteiger charge is 2.24. The molecule has 19 heavy (non-hydrogen) atoms. The number of hydrogen-bond acceptors (Lipinski definition) is 4. The molecule has 6 heteroatoms. The predicted molar refractivity (Wildman–Crippen MR) is 69.5 cm³/mol. The first kappa shape index (κ1) is 13.2. The van der Waals surface area contributed by atoms with Gasteiger partial charge in [0, 0.05) is 6.04 Å². The molecule has 1 aliphatic carbocycles. The Hall–Kier alpha value is -2.19. The maximum absolute atomic E-state index is 11.7. The van der Waals surface area contributed by atoms with Crippen LogP contribution in [0.4, 0.5) is 0 Å². The molecule has 1 fully saturated rings. The zero-order valence-electron chi connectivity index (χ0n) is 9.85. The molecule has 1 amide bonds. The van der Waals surface area contributed by atoms with Gasteiger partial charge in [-0.2, -0.15) is 5.26 Å². The van der Waals surface area contributed by atoms with E-state index in [1.807, 2.05) is 0 Å². The second-order valence-corrected chi connectivity index (χ2v) is 4.70. The van der Waals surface area contributed by atoms with E-state index in [4.69, 9.17) is 16.9 Å². The summed E-state index contributed by atoms with van der Waals surface area (Å²) in [4.78, 5) is 11.7. The maximum atomic E-state index is 11.7. The van der Waals surface area contributed by atoms with Gasteiger partial charge in [0.2, 0.25) is 0 Å². The first-order valence-corrected chi connectivity index (χ1v) is 6.03. The summed E-state index contributed by atoms with van der Waals surface area (Å²) in [6.07, 6.45) is 3.16. The Morgan fingerprint density at radius 2 is 2.16 bits per heavy atom.